The van der Waals surface area contributed by atoms with Gasteiger partial charge in [-0.05, 0) is 36.3 Å². The number of aryl methyl sites for hydroxylation is 1. The summed E-state index contributed by atoms with van der Waals surface area (Å²) in [6, 6.07) is 5.77. The molecule has 2 aromatic rings. The maximum atomic E-state index is 13.5. The van der Waals surface area contributed by atoms with E-state index in [1.54, 1.807) is 28.8 Å². The van der Waals surface area contributed by atoms with E-state index in [-0.39, 0.29) is 30.0 Å². The molecule has 1 aromatic carbocycles. The number of carbonyl (C=O) groups is 4. The molecule has 1 aromatic heterocycles. The lowest BCUT2D eigenvalue weighted by atomic mass is 9.85. The molecule has 1 fully saturated rings. The Balaban J connectivity index is 1.81. The maximum Gasteiger partial charge on any atom is 0.246 e. The van der Waals surface area contributed by atoms with Crippen molar-refractivity contribution in [2.75, 3.05) is 13.6 Å². The van der Waals surface area contributed by atoms with Gasteiger partial charge in [-0.1, -0.05) is 45.0 Å². The first-order chi connectivity index (χ1) is 17.4. The summed E-state index contributed by atoms with van der Waals surface area (Å²) in [6.45, 7) is 9.42. The van der Waals surface area contributed by atoms with Gasteiger partial charge < -0.3 is 20.9 Å². The molecule has 3 atom stereocenters. The highest BCUT2D eigenvalue weighted by molar-refractivity contribution is 7.13. The van der Waals surface area contributed by atoms with Crippen molar-refractivity contribution < 1.29 is 19.2 Å². The Hall–Kier alpha value is -3.27. The summed E-state index contributed by atoms with van der Waals surface area (Å²) in [5.74, 6) is -1.08. The van der Waals surface area contributed by atoms with Gasteiger partial charge in [0.1, 0.15) is 12.1 Å². The first-order valence-corrected chi connectivity index (χ1v) is 13.4. The van der Waals surface area contributed by atoms with Crippen molar-refractivity contribution >= 4 is 35.0 Å². The van der Waals surface area contributed by atoms with Gasteiger partial charge >= 0.3 is 0 Å². The zero-order chi connectivity index (χ0) is 27.3. The van der Waals surface area contributed by atoms with Gasteiger partial charge in [0.25, 0.3) is 0 Å². The summed E-state index contributed by atoms with van der Waals surface area (Å²) in [5, 5.41) is 8.40. The molecule has 1 saturated heterocycles. The van der Waals surface area contributed by atoms with Crippen molar-refractivity contribution in [2.45, 2.75) is 72.0 Å². The van der Waals surface area contributed by atoms with Crippen LogP contribution in [0.15, 0.2) is 29.8 Å². The fraction of sp³-hybridized carbons (Fsp3) is 0.519. The molecule has 0 radical (unpaired) electrons. The van der Waals surface area contributed by atoms with Gasteiger partial charge in [0.2, 0.25) is 23.6 Å². The van der Waals surface area contributed by atoms with Crippen LogP contribution in [0.25, 0.3) is 10.4 Å². The molecule has 200 valence electrons. The normalized spacial score (nSPS) is 17.1. The molecule has 0 saturated carbocycles. The van der Waals surface area contributed by atoms with Crippen LogP contribution in [0.4, 0.5) is 0 Å². The number of likely N-dealkylation sites (tertiary alicyclic amines) is 1. The van der Waals surface area contributed by atoms with Crippen LogP contribution in [0.3, 0.4) is 0 Å². The number of carbonyl (C=O) groups excluding carboxylic acids is 4. The van der Waals surface area contributed by atoms with Crippen molar-refractivity contribution in [1.82, 2.24) is 25.8 Å². The fourth-order valence-corrected chi connectivity index (χ4v) is 5.39. The van der Waals surface area contributed by atoms with Crippen LogP contribution >= 0.6 is 11.3 Å². The number of thiazole rings is 1. The van der Waals surface area contributed by atoms with Crippen molar-refractivity contribution in [2.24, 2.45) is 5.41 Å². The Bertz CT molecular complexity index is 1140. The highest BCUT2D eigenvalue weighted by Crippen LogP contribution is 2.30. The third kappa shape index (κ3) is 6.94. The second-order valence-corrected chi connectivity index (χ2v) is 11.4. The number of nitrogens with zero attached hydrogens (tertiary/aromatic N) is 2. The second-order valence-electron chi connectivity index (χ2n) is 10.5. The first-order valence-electron chi connectivity index (χ1n) is 12.5. The van der Waals surface area contributed by atoms with Crippen LogP contribution in [0, 0.1) is 12.3 Å². The van der Waals surface area contributed by atoms with E-state index in [4.69, 9.17) is 0 Å². The van der Waals surface area contributed by atoms with Crippen LogP contribution in [-0.2, 0) is 19.2 Å². The standard InChI is InChI=1S/C27H37N5O4S/c1-16-23(37-15-29-16)19-11-9-18(10-12-19)20(14-22(34)28-6)31-25(35)21-8-7-13-32(21)26(36)24(27(3,4)5)30-17(2)33/h9-12,15,20-21,24H,7-8,13-14H2,1-6H3,(H,28,34)(H,30,33)(H,31,35)/t20-,21-,24+/m0/s1. The average Bonchev–Trinajstić information content (AvgIpc) is 3.50. The number of hydrogen-bond donors (Lipinski definition) is 3. The summed E-state index contributed by atoms with van der Waals surface area (Å²) in [5.41, 5.74) is 4.05. The highest BCUT2D eigenvalue weighted by Gasteiger charge is 2.42. The Kier molecular flexibility index (Phi) is 9.07. The van der Waals surface area contributed by atoms with Crippen LogP contribution < -0.4 is 16.0 Å². The minimum absolute atomic E-state index is 0.0678. The molecule has 2 heterocycles. The number of amides is 4. The highest BCUT2D eigenvalue weighted by atomic mass is 32.1. The third-order valence-electron chi connectivity index (χ3n) is 6.60. The van der Waals surface area contributed by atoms with E-state index < -0.39 is 23.5 Å². The second kappa shape index (κ2) is 11.9. The zero-order valence-electron chi connectivity index (χ0n) is 22.4. The van der Waals surface area contributed by atoms with Crippen LogP contribution in [0.1, 0.15) is 64.3 Å². The number of rotatable bonds is 8. The molecule has 0 unspecified atom stereocenters. The van der Waals surface area contributed by atoms with Gasteiger partial charge in [0, 0.05) is 20.5 Å². The molecule has 37 heavy (non-hydrogen) atoms. The van der Waals surface area contributed by atoms with E-state index in [0.717, 1.165) is 21.7 Å². The molecule has 9 nitrogen and oxygen atoms in total. The SMILES string of the molecule is CNC(=O)C[C@H](NC(=O)[C@@H]1CCCN1C(=O)[C@@H](NC(C)=O)C(C)(C)C)c1ccc(-c2scnc2C)cc1. The molecular formula is C27H37N5O4S. The van der Waals surface area contributed by atoms with Crippen molar-refractivity contribution in [3.8, 4) is 10.4 Å². The topological polar surface area (TPSA) is 121 Å². The number of nitrogens with one attached hydrogen (secondary N) is 3. The lowest BCUT2D eigenvalue weighted by Crippen LogP contribution is -2.57. The smallest absolute Gasteiger partial charge is 0.246 e. The van der Waals surface area contributed by atoms with E-state index in [2.05, 4.69) is 20.9 Å². The molecule has 10 heteroatoms. The van der Waals surface area contributed by atoms with E-state index >= 15 is 0 Å². The van der Waals surface area contributed by atoms with Gasteiger partial charge in [0.15, 0.2) is 0 Å². The van der Waals surface area contributed by atoms with Crippen molar-refractivity contribution in [3.63, 3.8) is 0 Å². The molecule has 4 amide bonds. The van der Waals surface area contributed by atoms with E-state index in [0.29, 0.717) is 19.4 Å². The van der Waals surface area contributed by atoms with Crippen LogP contribution in [0.2, 0.25) is 0 Å². The molecule has 1 aliphatic rings. The third-order valence-corrected chi connectivity index (χ3v) is 7.58. The minimum atomic E-state index is -0.747. The largest absolute Gasteiger partial charge is 0.359 e. The van der Waals surface area contributed by atoms with Gasteiger partial charge in [0.05, 0.1) is 28.5 Å². The quantitative estimate of drug-likeness (QED) is 0.488. The Labute approximate surface area is 222 Å². The summed E-state index contributed by atoms with van der Waals surface area (Å²) >= 11 is 1.56. The average molecular weight is 528 g/mol. The van der Waals surface area contributed by atoms with E-state index in [1.165, 1.54) is 6.92 Å². The fourth-order valence-electron chi connectivity index (χ4n) is 4.57. The summed E-state index contributed by atoms with van der Waals surface area (Å²) in [7, 11) is 1.56. The Morgan fingerprint density at radius 1 is 1.14 bits per heavy atom. The molecule has 3 N–H and O–H groups in total. The predicted molar refractivity (Wildman–Crippen MR) is 144 cm³/mol. The van der Waals surface area contributed by atoms with Gasteiger partial charge in [-0.25, -0.2) is 4.98 Å². The molecule has 0 aliphatic carbocycles. The lowest BCUT2D eigenvalue weighted by Gasteiger charge is -2.35. The number of hydrogen-bond acceptors (Lipinski definition) is 6. The van der Waals surface area contributed by atoms with Crippen molar-refractivity contribution in [1.29, 1.82) is 0 Å². The minimum Gasteiger partial charge on any atom is -0.359 e. The van der Waals surface area contributed by atoms with Crippen LogP contribution in [0.5, 0.6) is 0 Å². The van der Waals surface area contributed by atoms with Crippen LogP contribution in [-0.4, -0.2) is 59.2 Å². The Morgan fingerprint density at radius 3 is 2.35 bits per heavy atom. The predicted octanol–water partition coefficient (Wildman–Crippen LogP) is 2.95. The monoisotopic (exact) mass is 527 g/mol. The summed E-state index contributed by atoms with van der Waals surface area (Å²) in [6.07, 6.45) is 1.27. The van der Waals surface area contributed by atoms with E-state index in [9.17, 15) is 19.2 Å². The van der Waals surface area contributed by atoms with E-state index in [1.807, 2.05) is 52.0 Å². The zero-order valence-corrected chi connectivity index (χ0v) is 23.2. The first kappa shape index (κ1) is 28.3. The number of benzene rings is 1. The van der Waals surface area contributed by atoms with Gasteiger partial charge in [-0.2, -0.15) is 0 Å². The number of aromatic nitrogens is 1. The molecule has 3 rings (SSSR count). The lowest BCUT2D eigenvalue weighted by molar-refractivity contribution is -0.144. The van der Waals surface area contributed by atoms with Gasteiger partial charge in [-0.3, -0.25) is 19.2 Å². The summed E-state index contributed by atoms with van der Waals surface area (Å²) in [4.78, 5) is 58.0. The molecule has 0 spiro atoms. The van der Waals surface area contributed by atoms with Gasteiger partial charge in [-0.15, -0.1) is 11.3 Å². The molecule has 1 aliphatic heterocycles. The molecule has 0 bridgehead atoms. The Morgan fingerprint density at radius 2 is 1.81 bits per heavy atom. The maximum absolute atomic E-state index is 13.5. The van der Waals surface area contributed by atoms with Crippen molar-refractivity contribution in [3.05, 3.63) is 41.0 Å². The molecular weight excluding hydrogens is 490 g/mol. The summed E-state index contributed by atoms with van der Waals surface area (Å²) < 4.78 is 0.